The second-order valence-electron chi connectivity index (χ2n) is 6.76. The molecule has 0 bridgehead atoms. The number of aromatic nitrogens is 2. The molecule has 8 nitrogen and oxygen atoms in total. The Morgan fingerprint density at radius 2 is 1.71 bits per heavy atom. The number of fused-ring (bicyclic) bond motifs is 1. The van der Waals surface area contributed by atoms with Crippen molar-refractivity contribution in [3.05, 3.63) is 73.4 Å². The Bertz CT molecular complexity index is 1240. The van der Waals surface area contributed by atoms with Crippen LogP contribution in [0.3, 0.4) is 0 Å². The van der Waals surface area contributed by atoms with Crippen molar-refractivity contribution in [2.75, 3.05) is 16.0 Å². The van der Waals surface area contributed by atoms with Gasteiger partial charge < -0.3 is 16.0 Å². The fourth-order valence-corrected chi connectivity index (χ4v) is 3.93. The normalized spacial score (nSPS) is 15.1. The Hall–Kier alpha value is -3.07. The van der Waals surface area contributed by atoms with Crippen molar-refractivity contribution in [2.24, 2.45) is 0 Å². The maximum atomic E-state index is 12.9. The molecule has 1 aliphatic rings. The van der Waals surface area contributed by atoms with Gasteiger partial charge >= 0.3 is 0 Å². The van der Waals surface area contributed by atoms with Crippen LogP contribution in [0.15, 0.2) is 47.3 Å². The summed E-state index contributed by atoms with van der Waals surface area (Å²) in [5.74, 6) is -1.94. The van der Waals surface area contributed by atoms with Crippen LogP contribution in [0.5, 0.6) is 0 Å². The average molecular weight is 479 g/mol. The summed E-state index contributed by atoms with van der Waals surface area (Å²) in [7, 11) is 0. The second kappa shape index (κ2) is 8.58. The zero-order valence-electron chi connectivity index (χ0n) is 15.6. The van der Waals surface area contributed by atoms with Crippen molar-refractivity contribution in [2.45, 2.75) is 12.3 Å². The summed E-state index contributed by atoms with van der Waals surface area (Å²) in [4.78, 5) is 44.7. The Kier molecular flexibility index (Phi) is 5.86. The number of carbonyl (C=O) groups excluding carboxylic acids is 2. The SMILES string of the molecule is O=C1CC(C(=O)Nc2cc(Cl)cc(Cl)c2)c2c(nc(Nc3cccc(Cl)c3)[nH]c2=O)N1. The van der Waals surface area contributed by atoms with Crippen molar-refractivity contribution in [3.63, 3.8) is 0 Å². The minimum atomic E-state index is -1.04. The van der Waals surface area contributed by atoms with Crippen LogP contribution in [-0.2, 0) is 9.59 Å². The number of rotatable bonds is 4. The third-order valence-electron chi connectivity index (χ3n) is 4.49. The van der Waals surface area contributed by atoms with E-state index in [0.29, 0.717) is 26.4 Å². The topological polar surface area (TPSA) is 116 Å². The first kappa shape index (κ1) is 21.2. The third kappa shape index (κ3) is 4.82. The standard InChI is InChI=1S/C20H14Cl3N5O3/c21-9-2-1-3-12(5-9)25-20-27-17-16(19(31)28-20)14(8-15(29)26-17)18(30)24-13-6-10(22)4-11(23)7-13/h1-7,14H,8H2,(H,24,30)(H3,25,26,27,28,29,31). The minimum Gasteiger partial charge on any atom is -0.326 e. The Morgan fingerprint density at radius 1 is 1.00 bits per heavy atom. The lowest BCUT2D eigenvalue weighted by Gasteiger charge is -2.23. The Morgan fingerprint density at radius 3 is 2.42 bits per heavy atom. The van der Waals surface area contributed by atoms with E-state index in [-0.39, 0.29) is 23.8 Å². The lowest BCUT2D eigenvalue weighted by Crippen LogP contribution is -2.36. The molecule has 2 amide bonds. The number of amides is 2. The van der Waals surface area contributed by atoms with Crippen LogP contribution < -0.4 is 21.5 Å². The first-order chi connectivity index (χ1) is 14.8. The highest BCUT2D eigenvalue weighted by molar-refractivity contribution is 6.35. The number of hydrogen-bond acceptors (Lipinski definition) is 5. The molecule has 31 heavy (non-hydrogen) atoms. The second-order valence-corrected chi connectivity index (χ2v) is 8.07. The largest absolute Gasteiger partial charge is 0.326 e. The van der Waals surface area contributed by atoms with Gasteiger partial charge in [0.1, 0.15) is 5.82 Å². The van der Waals surface area contributed by atoms with Gasteiger partial charge in [-0.3, -0.25) is 19.4 Å². The summed E-state index contributed by atoms with van der Waals surface area (Å²) in [6, 6.07) is 11.3. The molecule has 2 aromatic carbocycles. The molecule has 4 N–H and O–H groups in total. The van der Waals surface area contributed by atoms with Gasteiger partial charge in [-0.15, -0.1) is 0 Å². The summed E-state index contributed by atoms with van der Waals surface area (Å²) in [6.07, 6.45) is -0.209. The summed E-state index contributed by atoms with van der Waals surface area (Å²) < 4.78 is 0. The quantitative estimate of drug-likeness (QED) is 0.439. The molecule has 0 saturated heterocycles. The van der Waals surface area contributed by atoms with Crippen molar-refractivity contribution in [3.8, 4) is 0 Å². The maximum absolute atomic E-state index is 12.9. The van der Waals surface area contributed by atoms with Crippen LogP contribution in [0.2, 0.25) is 15.1 Å². The van der Waals surface area contributed by atoms with Crippen molar-refractivity contribution < 1.29 is 9.59 Å². The molecule has 0 fully saturated rings. The first-order valence-corrected chi connectivity index (χ1v) is 10.2. The number of nitrogens with one attached hydrogen (secondary N) is 4. The fraction of sp³-hybridized carbons (Fsp3) is 0.100. The molecule has 0 aliphatic carbocycles. The number of benzene rings is 2. The summed E-state index contributed by atoms with van der Waals surface area (Å²) in [6.45, 7) is 0. The molecule has 1 atom stereocenters. The van der Waals surface area contributed by atoms with Crippen LogP contribution in [0.4, 0.5) is 23.1 Å². The van der Waals surface area contributed by atoms with Crippen LogP contribution in [0.25, 0.3) is 0 Å². The Labute approximate surface area is 190 Å². The van der Waals surface area contributed by atoms with Crippen molar-refractivity contribution >= 4 is 69.8 Å². The number of halogens is 3. The van der Waals surface area contributed by atoms with Crippen molar-refractivity contribution in [1.29, 1.82) is 0 Å². The van der Waals surface area contributed by atoms with Gasteiger partial charge in [0.15, 0.2) is 0 Å². The van der Waals surface area contributed by atoms with Crippen molar-refractivity contribution in [1.82, 2.24) is 9.97 Å². The number of anilines is 4. The zero-order chi connectivity index (χ0) is 22.1. The van der Waals surface area contributed by atoms with Gasteiger partial charge in [0, 0.05) is 32.9 Å². The average Bonchev–Trinajstić information content (AvgIpc) is 2.66. The van der Waals surface area contributed by atoms with Gasteiger partial charge in [0.25, 0.3) is 5.56 Å². The van der Waals surface area contributed by atoms with E-state index in [9.17, 15) is 14.4 Å². The molecule has 3 aromatic rings. The fourth-order valence-electron chi connectivity index (χ4n) is 3.21. The highest BCUT2D eigenvalue weighted by Crippen LogP contribution is 2.31. The molecule has 0 spiro atoms. The molecular formula is C20H14Cl3N5O3. The number of hydrogen-bond donors (Lipinski definition) is 4. The van der Waals surface area contributed by atoms with Gasteiger partial charge in [-0.2, -0.15) is 4.98 Å². The molecule has 1 aliphatic heterocycles. The van der Waals surface area contributed by atoms with Gasteiger partial charge in [-0.25, -0.2) is 0 Å². The minimum absolute atomic E-state index is 0.00815. The molecule has 1 aromatic heterocycles. The van der Waals surface area contributed by atoms with Gasteiger partial charge in [0.2, 0.25) is 17.8 Å². The van der Waals surface area contributed by atoms with E-state index in [4.69, 9.17) is 34.8 Å². The zero-order valence-corrected chi connectivity index (χ0v) is 17.9. The monoisotopic (exact) mass is 477 g/mol. The van der Waals surface area contributed by atoms with E-state index >= 15 is 0 Å². The van der Waals surface area contributed by atoms with Crippen LogP contribution in [0.1, 0.15) is 17.9 Å². The summed E-state index contributed by atoms with van der Waals surface area (Å²) in [5, 5.41) is 9.27. The van der Waals surface area contributed by atoms with E-state index in [1.54, 1.807) is 24.3 Å². The number of aromatic amines is 1. The molecule has 11 heteroatoms. The molecule has 0 saturated carbocycles. The van der Waals surface area contributed by atoms with E-state index in [2.05, 4.69) is 25.9 Å². The predicted molar refractivity (Wildman–Crippen MR) is 121 cm³/mol. The smallest absolute Gasteiger partial charge is 0.258 e. The third-order valence-corrected chi connectivity index (χ3v) is 5.16. The van der Waals surface area contributed by atoms with Gasteiger partial charge in [-0.05, 0) is 36.4 Å². The molecule has 158 valence electrons. The van der Waals surface area contributed by atoms with Gasteiger partial charge in [0.05, 0.1) is 11.5 Å². The molecule has 1 unspecified atom stereocenters. The van der Waals surface area contributed by atoms with Crippen LogP contribution in [-0.4, -0.2) is 21.8 Å². The number of nitrogens with zero attached hydrogens (tertiary/aromatic N) is 1. The number of carbonyl (C=O) groups is 2. The van der Waals surface area contributed by atoms with E-state index in [1.807, 2.05) is 0 Å². The predicted octanol–water partition coefficient (Wildman–Crippen LogP) is 4.54. The summed E-state index contributed by atoms with van der Waals surface area (Å²) in [5.41, 5.74) is 0.434. The van der Waals surface area contributed by atoms with Crippen LogP contribution in [0, 0.1) is 0 Å². The first-order valence-electron chi connectivity index (χ1n) is 9.02. The highest BCUT2D eigenvalue weighted by atomic mass is 35.5. The number of H-pyrrole nitrogens is 1. The van der Waals surface area contributed by atoms with E-state index in [1.165, 1.54) is 18.2 Å². The van der Waals surface area contributed by atoms with E-state index < -0.39 is 23.3 Å². The molecule has 2 heterocycles. The molecule has 4 rings (SSSR count). The molecule has 0 radical (unpaired) electrons. The van der Waals surface area contributed by atoms with Crippen LogP contribution >= 0.6 is 34.8 Å². The molecular weight excluding hydrogens is 465 g/mol. The highest BCUT2D eigenvalue weighted by Gasteiger charge is 2.34. The lowest BCUT2D eigenvalue weighted by atomic mass is 9.92. The lowest BCUT2D eigenvalue weighted by molar-refractivity contribution is -0.123. The Balaban J connectivity index is 1.65. The maximum Gasteiger partial charge on any atom is 0.258 e. The van der Waals surface area contributed by atoms with Gasteiger partial charge in [-0.1, -0.05) is 40.9 Å². The van der Waals surface area contributed by atoms with E-state index in [0.717, 1.165) is 0 Å². The summed E-state index contributed by atoms with van der Waals surface area (Å²) >= 11 is 17.9.